The minimum absolute atomic E-state index is 0.0499. The number of allylic oxidation sites excluding steroid dienone is 1. The van der Waals surface area contributed by atoms with E-state index in [9.17, 15) is 4.79 Å². The molecule has 2 aliphatic rings. The smallest absolute Gasteiger partial charge is 0.249 e. The zero-order valence-electron chi connectivity index (χ0n) is 15.3. The Hall–Kier alpha value is -1.69. The molecular weight excluding hydrogens is 318 g/mol. The van der Waals surface area contributed by atoms with Gasteiger partial charge in [0.1, 0.15) is 6.04 Å². The Morgan fingerprint density at radius 3 is 2.76 bits per heavy atom. The molecule has 1 amide bonds. The first-order chi connectivity index (χ1) is 12.1. The van der Waals surface area contributed by atoms with Gasteiger partial charge in [-0.25, -0.2) is 0 Å². The number of ether oxygens (including phenoxy) is 1. The first-order valence-electron chi connectivity index (χ1n) is 9.52. The molecule has 1 unspecified atom stereocenters. The van der Waals surface area contributed by atoms with Gasteiger partial charge < -0.3 is 14.6 Å². The molecule has 138 valence electrons. The van der Waals surface area contributed by atoms with Gasteiger partial charge in [-0.15, -0.1) is 0 Å². The molecule has 0 radical (unpaired) electrons. The van der Waals surface area contributed by atoms with Gasteiger partial charge in [-0.1, -0.05) is 30.7 Å². The molecular formula is C19H29N3O3. The molecule has 1 aliphatic carbocycles. The van der Waals surface area contributed by atoms with Crippen LogP contribution in [0, 0.1) is 5.92 Å². The van der Waals surface area contributed by atoms with Gasteiger partial charge in [0.2, 0.25) is 11.8 Å². The van der Waals surface area contributed by atoms with E-state index in [1.165, 1.54) is 18.4 Å². The fourth-order valence-electron chi connectivity index (χ4n) is 3.53. The predicted molar refractivity (Wildman–Crippen MR) is 94.0 cm³/mol. The lowest BCUT2D eigenvalue weighted by atomic mass is 9.91. The Balaban J connectivity index is 1.70. The Morgan fingerprint density at radius 2 is 2.12 bits per heavy atom. The number of aromatic nitrogens is 2. The van der Waals surface area contributed by atoms with E-state index in [0.717, 1.165) is 25.7 Å². The summed E-state index contributed by atoms with van der Waals surface area (Å²) in [6.07, 6.45) is 9.03. The summed E-state index contributed by atoms with van der Waals surface area (Å²) in [7, 11) is 0. The SMILES string of the molecule is CC(C)c1noc(C(NC(=O)CC2=CCCCC2)C2CCOCC2)n1. The molecule has 1 atom stereocenters. The van der Waals surface area contributed by atoms with Crippen molar-refractivity contribution >= 4 is 5.91 Å². The molecule has 3 rings (SSSR count). The van der Waals surface area contributed by atoms with Crippen LogP contribution in [-0.2, 0) is 9.53 Å². The van der Waals surface area contributed by atoms with Gasteiger partial charge in [0.25, 0.3) is 0 Å². The third-order valence-corrected chi connectivity index (χ3v) is 5.07. The Bertz CT molecular complexity index is 603. The number of amides is 1. The van der Waals surface area contributed by atoms with Crippen molar-refractivity contribution in [2.75, 3.05) is 13.2 Å². The number of nitrogens with zero attached hydrogens (tertiary/aromatic N) is 2. The second-order valence-electron chi connectivity index (χ2n) is 7.43. The lowest BCUT2D eigenvalue weighted by molar-refractivity contribution is -0.122. The van der Waals surface area contributed by atoms with Crippen molar-refractivity contribution in [3.05, 3.63) is 23.4 Å². The minimum atomic E-state index is -0.222. The second-order valence-corrected chi connectivity index (χ2v) is 7.43. The van der Waals surface area contributed by atoms with Crippen LogP contribution in [0.25, 0.3) is 0 Å². The minimum Gasteiger partial charge on any atom is -0.381 e. The third kappa shape index (κ3) is 4.91. The van der Waals surface area contributed by atoms with Crippen molar-refractivity contribution in [2.24, 2.45) is 5.92 Å². The summed E-state index contributed by atoms with van der Waals surface area (Å²) in [5, 5.41) is 7.25. The van der Waals surface area contributed by atoms with Gasteiger partial charge in [0, 0.05) is 25.6 Å². The Labute approximate surface area is 149 Å². The van der Waals surface area contributed by atoms with Crippen LogP contribution in [0.3, 0.4) is 0 Å². The highest BCUT2D eigenvalue weighted by molar-refractivity contribution is 5.78. The monoisotopic (exact) mass is 347 g/mol. The van der Waals surface area contributed by atoms with Crippen molar-refractivity contribution in [1.82, 2.24) is 15.5 Å². The van der Waals surface area contributed by atoms with Crippen molar-refractivity contribution < 1.29 is 14.1 Å². The molecule has 0 saturated carbocycles. The van der Waals surface area contributed by atoms with E-state index in [1.54, 1.807) is 0 Å². The van der Waals surface area contributed by atoms with Gasteiger partial charge in [-0.05, 0) is 44.4 Å². The number of nitrogens with one attached hydrogen (secondary N) is 1. The van der Waals surface area contributed by atoms with Crippen LogP contribution in [-0.4, -0.2) is 29.3 Å². The second kappa shape index (κ2) is 8.61. The number of carbonyl (C=O) groups is 1. The molecule has 0 spiro atoms. The highest BCUT2D eigenvalue weighted by Gasteiger charge is 2.31. The standard InChI is InChI=1S/C19H29N3O3/c1-13(2)18-21-19(25-22-18)17(15-8-10-24-11-9-15)20-16(23)12-14-6-4-3-5-7-14/h6,13,15,17H,3-5,7-12H2,1-2H3,(H,20,23). The molecule has 0 aromatic carbocycles. The summed E-state index contributed by atoms with van der Waals surface area (Å²) in [6.45, 7) is 5.50. The molecule has 1 aromatic heterocycles. The van der Waals surface area contributed by atoms with Crippen LogP contribution < -0.4 is 5.32 Å². The molecule has 2 heterocycles. The molecule has 1 N–H and O–H groups in total. The fourth-order valence-corrected chi connectivity index (χ4v) is 3.53. The lowest BCUT2D eigenvalue weighted by Crippen LogP contribution is -2.36. The van der Waals surface area contributed by atoms with Crippen molar-refractivity contribution in [3.8, 4) is 0 Å². The summed E-state index contributed by atoms with van der Waals surface area (Å²) in [5.41, 5.74) is 1.25. The fraction of sp³-hybridized carbons (Fsp3) is 0.737. The van der Waals surface area contributed by atoms with E-state index < -0.39 is 0 Å². The van der Waals surface area contributed by atoms with Crippen molar-refractivity contribution in [3.63, 3.8) is 0 Å². The maximum Gasteiger partial charge on any atom is 0.249 e. The van der Waals surface area contributed by atoms with Gasteiger partial charge in [-0.2, -0.15) is 4.98 Å². The topological polar surface area (TPSA) is 77.2 Å². The third-order valence-electron chi connectivity index (χ3n) is 5.07. The van der Waals surface area contributed by atoms with E-state index in [2.05, 4.69) is 21.5 Å². The average molecular weight is 347 g/mol. The molecule has 1 fully saturated rings. The van der Waals surface area contributed by atoms with Gasteiger partial charge in [0.05, 0.1) is 0 Å². The van der Waals surface area contributed by atoms with E-state index in [0.29, 0.717) is 31.3 Å². The normalized spacial score (nSPS) is 20.4. The lowest BCUT2D eigenvalue weighted by Gasteiger charge is -2.28. The summed E-state index contributed by atoms with van der Waals surface area (Å²) < 4.78 is 11.0. The summed E-state index contributed by atoms with van der Waals surface area (Å²) in [6, 6.07) is -0.222. The van der Waals surface area contributed by atoms with Gasteiger partial charge >= 0.3 is 0 Å². The maximum absolute atomic E-state index is 12.6. The summed E-state index contributed by atoms with van der Waals surface area (Å²) in [5.74, 6) is 1.75. The zero-order chi connectivity index (χ0) is 17.6. The van der Waals surface area contributed by atoms with Crippen molar-refractivity contribution in [2.45, 2.75) is 70.8 Å². The molecule has 1 saturated heterocycles. The molecule has 25 heavy (non-hydrogen) atoms. The molecule has 6 heteroatoms. The highest BCUT2D eigenvalue weighted by atomic mass is 16.5. The average Bonchev–Trinajstić information content (AvgIpc) is 3.11. The van der Waals surface area contributed by atoms with Gasteiger partial charge in [-0.3, -0.25) is 4.79 Å². The first-order valence-corrected chi connectivity index (χ1v) is 9.52. The van der Waals surface area contributed by atoms with Crippen LogP contribution in [0.1, 0.15) is 82.5 Å². The van der Waals surface area contributed by atoms with Crippen molar-refractivity contribution in [1.29, 1.82) is 0 Å². The van der Waals surface area contributed by atoms with E-state index >= 15 is 0 Å². The van der Waals surface area contributed by atoms with Crippen LogP contribution in [0.15, 0.2) is 16.2 Å². The first kappa shape index (κ1) is 18.1. The zero-order valence-corrected chi connectivity index (χ0v) is 15.3. The molecule has 1 aromatic rings. The number of hydrogen-bond acceptors (Lipinski definition) is 5. The molecule has 0 bridgehead atoms. The maximum atomic E-state index is 12.6. The van der Waals surface area contributed by atoms with Crippen LogP contribution in [0.4, 0.5) is 0 Å². The van der Waals surface area contributed by atoms with E-state index in [4.69, 9.17) is 9.26 Å². The van der Waals surface area contributed by atoms with Crippen LogP contribution >= 0.6 is 0 Å². The molecule has 6 nitrogen and oxygen atoms in total. The van der Waals surface area contributed by atoms with E-state index in [1.807, 2.05) is 13.8 Å². The highest BCUT2D eigenvalue weighted by Crippen LogP contribution is 2.30. The van der Waals surface area contributed by atoms with Crippen LogP contribution in [0.5, 0.6) is 0 Å². The number of carbonyl (C=O) groups excluding carboxylic acids is 1. The van der Waals surface area contributed by atoms with Gasteiger partial charge in [0.15, 0.2) is 5.82 Å². The predicted octanol–water partition coefficient (Wildman–Crippen LogP) is 3.67. The molecule has 1 aliphatic heterocycles. The summed E-state index contributed by atoms with van der Waals surface area (Å²) in [4.78, 5) is 17.1. The Morgan fingerprint density at radius 1 is 1.32 bits per heavy atom. The van der Waals surface area contributed by atoms with E-state index in [-0.39, 0.29) is 23.8 Å². The van der Waals surface area contributed by atoms with Crippen LogP contribution in [0.2, 0.25) is 0 Å². The quantitative estimate of drug-likeness (QED) is 0.795. The largest absolute Gasteiger partial charge is 0.381 e. The number of rotatable bonds is 6. The summed E-state index contributed by atoms with van der Waals surface area (Å²) >= 11 is 0. The number of hydrogen-bond donors (Lipinski definition) is 1. The Kier molecular flexibility index (Phi) is 6.24.